The topological polar surface area (TPSA) is 129 Å². The summed E-state index contributed by atoms with van der Waals surface area (Å²) >= 11 is 3.55. The van der Waals surface area contributed by atoms with Gasteiger partial charge in [0.2, 0.25) is 0 Å². The lowest BCUT2D eigenvalue weighted by molar-refractivity contribution is 0.470. The molecule has 0 saturated heterocycles. The lowest BCUT2D eigenvalue weighted by atomic mass is 10.1. The summed E-state index contributed by atoms with van der Waals surface area (Å²) in [5, 5.41) is 0. The Bertz CT molecular complexity index is 2160. The SMILES string of the molecule is CS(=O)(=O)O.CS(=O)(=O)[O-].CS(=O)c1ccccc1.CSc1ccc(-c2ccc([S+](C)c3ccccc3)cc2)cc1.CSc1ccc(-c2ccccc2)cc1. The fourth-order valence-corrected chi connectivity index (χ4v) is 7.16. The van der Waals surface area contributed by atoms with Crippen molar-refractivity contribution in [1.82, 2.24) is 0 Å². The van der Waals surface area contributed by atoms with Gasteiger partial charge in [-0.15, -0.1) is 23.5 Å². The van der Waals surface area contributed by atoms with Crippen LogP contribution in [0, 0.1) is 0 Å². The second-order valence-corrected chi connectivity index (χ2v) is 19.4. The van der Waals surface area contributed by atoms with E-state index in [9.17, 15) is 12.6 Å². The Morgan fingerprint density at radius 3 is 1.11 bits per heavy atom. The Labute approximate surface area is 341 Å². The summed E-state index contributed by atoms with van der Waals surface area (Å²) in [6.45, 7) is 0. The molecule has 0 bridgehead atoms. The Hall–Kier alpha value is -3.66. The van der Waals surface area contributed by atoms with Gasteiger partial charge in [-0.3, -0.25) is 8.76 Å². The number of benzene rings is 6. The highest BCUT2D eigenvalue weighted by atomic mass is 32.2. The highest BCUT2D eigenvalue weighted by molar-refractivity contribution is 7.98. The fraction of sp³-hybridized carbons (Fsp3) is 0.143. The van der Waals surface area contributed by atoms with Gasteiger partial charge in [-0.1, -0.05) is 91.0 Å². The van der Waals surface area contributed by atoms with E-state index in [1.807, 2.05) is 36.4 Å². The Balaban J connectivity index is 0.000000270. The average Bonchev–Trinajstić information content (AvgIpc) is 3.18. The van der Waals surface area contributed by atoms with Crippen LogP contribution in [0.3, 0.4) is 0 Å². The monoisotopic (exact) mass is 854 g/mol. The van der Waals surface area contributed by atoms with Gasteiger partial charge >= 0.3 is 0 Å². The van der Waals surface area contributed by atoms with Crippen LogP contribution < -0.4 is 0 Å². The van der Waals surface area contributed by atoms with Crippen molar-refractivity contribution in [1.29, 1.82) is 0 Å². The molecule has 0 fully saturated rings. The molecule has 0 aliphatic heterocycles. The van der Waals surface area contributed by atoms with E-state index in [1.165, 1.54) is 41.8 Å². The molecule has 0 radical (unpaired) electrons. The van der Waals surface area contributed by atoms with Crippen molar-refractivity contribution in [3.63, 3.8) is 0 Å². The minimum Gasteiger partial charge on any atom is -0.748 e. The molecular weight excluding hydrogens is 809 g/mol. The van der Waals surface area contributed by atoms with E-state index in [4.69, 9.17) is 17.5 Å². The molecule has 13 heteroatoms. The number of hydrogen-bond donors (Lipinski definition) is 1. The molecule has 6 aromatic rings. The quantitative estimate of drug-likeness (QED) is 0.0948. The van der Waals surface area contributed by atoms with Gasteiger partial charge in [-0.2, -0.15) is 8.42 Å². The Kier molecular flexibility index (Phi) is 21.4. The van der Waals surface area contributed by atoms with Gasteiger partial charge in [-0.25, -0.2) is 8.42 Å². The molecule has 1 N–H and O–H groups in total. The summed E-state index contributed by atoms with van der Waals surface area (Å²) in [6.07, 6.45) is 9.49. The third-order valence-electron chi connectivity index (χ3n) is 7.00. The number of hydrogen-bond acceptors (Lipinski definition) is 8. The third-order valence-corrected chi connectivity index (χ3v) is 11.4. The Morgan fingerprint density at radius 1 is 0.527 bits per heavy atom. The minimum absolute atomic E-state index is 0.130. The van der Waals surface area contributed by atoms with Crippen molar-refractivity contribution in [3.05, 3.63) is 164 Å². The van der Waals surface area contributed by atoms with Crippen molar-refractivity contribution < 1.29 is 30.1 Å². The lowest BCUT2D eigenvalue weighted by Gasteiger charge is -2.05. The molecule has 0 aliphatic rings. The maximum Gasteiger partial charge on any atom is 0.261 e. The summed E-state index contributed by atoms with van der Waals surface area (Å²) in [5.74, 6) is 0. The van der Waals surface area contributed by atoms with Crippen LogP contribution in [0.15, 0.2) is 188 Å². The van der Waals surface area contributed by atoms with Crippen LogP contribution in [0.2, 0.25) is 0 Å². The molecule has 0 heterocycles. The standard InChI is InChI=1S/C20H19S2.C13H12S.C7H8OS.2CH4O3S/c1-21-18-12-8-16(9-13-18)17-10-14-20(15-11-17)22(2)19-6-4-3-5-7-19;1-14-13-9-7-12(8-10-13)11-5-3-2-4-6-11;1-9(8)7-5-3-2-4-6-7;2*1-5(2,3)4/h3-15H,1-2H3;2-10H,1H3;2-6H,1H3;2*1H3,(H,2,3,4)/q+1;;;;/p-1. The fourth-order valence-electron chi connectivity index (χ4n) is 4.42. The lowest BCUT2D eigenvalue weighted by Crippen LogP contribution is -1.99. The summed E-state index contributed by atoms with van der Waals surface area (Å²) in [5.41, 5.74) is 5.12. The third kappa shape index (κ3) is 21.3. The molecule has 0 amide bonds. The zero-order valence-corrected chi connectivity index (χ0v) is 36.3. The van der Waals surface area contributed by atoms with Crippen LogP contribution in [0.5, 0.6) is 0 Å². The first kappa shape index (κ1) is 47.5. The average molecular weight is 855 g/mol. The van der Waals surface area contributed by atoms with Gasteiger partial charge in [0.15, 0.2) is 9.79 Å². The van der Waals surface area contributed by atoms with Crippen molar-refractivity contribution in [3.8, 4) is 22.3 Å². The maximum absolute atomic E-state index is 10.8. The van der Waals surface area contributed by atoms with Gasteiger partial charge in [0.1, 0.15) is 6.26 Å². The first-order chi connectivity index (χ1) is 26.0. The molecule has 2 unspecified atom stereocenters. The van der Waals surface area contributed by atoms with Gasteiger partial charge in [0, 0.05) is 38.0 Å². The highest BCUT2D eigenvalue weighted by Crippen LogP contribution is 2.27. The molecular formula is C42H46O7S6. The highest BCUT2D eigenvalue weighted by Gasteiger charge is 2.18. The van der Waals surface area contributed by atoms with Crippen molar-refractivity contribution in [2.24, 2.45) is 0 Å². The molecule has 0 aliphatic carbocycles. The molecule has 0 saturated carbocycles. The smallest absolute Gasteiger partial charge is 0.261 e. The van der Waals surface area contributed by atoms with Crippen LogP contribution in [-0.4, -0.2) is 67.7 Å². The zero-order valence-electron chi connectivity index (χ0n) is 31.4. The first-order valence-corrected chi connectivity index (χ1v) is 25.7. The predicted molar refractivity (Wildman–Crippen MR) is 235 cm³/mol. The number of rotatable bonds is 7. The van der Waals surface area contributed by atoms with Crippen LogP contribution in [0.25, 0.3) is 22.3 Å². The molecule has 7 nitrogen and oxygen atoms in total. The van der Waals surface area contributed by atoms with E-state index >= 15 is 0 Å². The van der Waals surface area contributed by atoms with E-state index in [0.717, 1.165) is 4.90 Å². The van der Waals surface area contributed by atoms with Gasteiger partial charge in [-0.05, 0) is 108 Å². The molecule has 0 aromatic heterocycles. The van der Waals surface area contributed by atoms with E-state index in [1.54, 1.807) is 29.8 Å². The largest absolute Gasteiger partial charge is 0.748 e. The van der Waals surface area contributed by atoms with Crippen LogP contribution in [0.1, 0.15) is 0 Å². The molecule has 6 aromatic carbocycles. The van der Waals surface area contributed by atoms with Crippen LogP contribution in [0.4, 0.5) is 0 Å². The van der Waals surface area contributed by atoms with Gasteiger partial charge < -0.3 is 4.55 Å². The van der Waals surface area contributed by atoms with Crippen molar-refractivity contribution in [2.45, 2.75) is 24.5 Å². The first-order valence-electron chi connectivity index (χ1n) is 16.3. The van der Waals surface area contributed by atoms with E-state index < -0.39 is 31.0 Å². The minimum atomic E-state index is -3.92. The van der Waals surface area contributed by atoms with E-state index in [2.05, 4.69) is 146 Å². The van der Waals surface area contributed by atoms with Gasteiger partial charge in [0.25, 0.3) is 10.1 Å². The molecule has 0 spiro atoms. The van der Waals surface area contributed by atoms with E-state index in [-0.39, 0.29) is 10.9 Å². The predicted octanol–water partition coefficient (Wildman–Crippen LogP) is 9.91. The zero-order chi connectivity index (χ0) is 40.9. The van der Waals surface area contributed by atoms with Crippen LogP contribution in [-0.2, 0) is 41.9 Å². The second-order valence-electron chi connectivity index (χ2n) is 11.4. The molecule has 292 valence electrons. The maximum atomic E-state index is 10.8. The Morgan fingerprint density at radius 2 is 0.800 bits per heavy atom. The summed E-state index contributed by atoms with van der Waals surface area (Å²) in [7, 11) is -8.28. The molecule has 55 heavy (non-hydrogen) atoms. The summed E-state index contributed by atoms with van der Waals surface area (Å²) < 4.78 is 63.9. The summed E-state index contributed by atoms with van der Waals surface area (Å²) in [6, 6.07) is 56.9. The van der Waals surface area contributed by atoms with Gasteiger partial charge in [0.05, 0.1) is 27.3 Å². The normalized spacial score (nSPS) is 11.6. The van der Waals surface area contributed by atoms with Crippen molar-refractivity contribution in [2.75, 3.05) is 37.5 Å². The number of thioether (sulfide) groups is 2. The summed E-state index contributed by atoms with van der Waals surface area (Å²) in [4.78, 5) is 6.27. The van der Waals surface area contributed by atoms with Crippen molar-refractivity contribution >= 4 is 65.5 Å². The van der Waals surface area contributed by atoms with Crippen LogP contribution >= 0.6 is 23.5 Å². The van der Waals surface area contributed by atoms with E-state index in [0.29, 0.717) is 12.5 Å². The molecule has 2 atom stereocenters. The second kappa shape index (κ2) is 24.8. The molecule has 6 rings (SSSR count).